The average Bonchev–Trinajstić information content (AvgIpc) is 2.27. The van der Waals surface area contributed by atoms with Crippen LogP contribution in [0.25, 0.3) is 0 Å². The van der Waals surface area contributed by atoms with Gasteiger partial charge in [-0.1, -0.05) is 6.07 Å². The predicted octanol–water partition coefficient (Wildman–Crippen LogP) is 3.16. The van der Waals surface area contributed by atoms with Crippen molar-refractivity contribution >= 4 is 5.91 Å². The van der Waals surface area contributed by atoms with Gasteiger partial charge in [0.05, 0.1) is 0 Å². The second-order valence-corrected chi connectivity index (χ2v) is 3.89. The van der Waals surface area contributed by atoms with Crippen molar-refractivity contribution in [3.8, 4) is 0 Å². The fourth-order valence-corrected chi connectivity index (χ4v) is 1.54. The molecule has 100 valence electrons. The van der Waals surface area contributed by atoms with Crippen LogP contribution in [0.15, 0.2) is 18.2 Å². The van der Waals surface area contributed by atoms with Crippen LogP contribution in [0.1, 0.15) is 22.8 Å². The van der Waals surface area contributed by atoms with Crippen molar-refractivity contribution in [2.24, 2.45) is 0 Å². The molecule has 0 aliphatic heterocycles. The molecule has 0 N–H and O–H groups in total. The fraction of sp³-hybridized carbons (Fsp3) is 0.417. The van der Waals surface area contributed by atoms with E-state index in [0.29, 0.717) is 10.5 Å². The standard InChI is InChI=1S/C12H13F4NO/c1-3-17(7-12(14,15)16)11(18)10-6-9(13)5-4-8(10)2/h4-6H,3,7H2,1-2H3. The van der Waals surface area contributed by atoms with Crippen molar-refractivity contribution in [2.75, 3.05) is 13.1 Å². The second-order valence-electron chi connectivity index (χ2n) is 3.89. The highest BCUT2D eigenvalue weighted by molar-refractivity contribution is 5.95. The lowest BCUT2D eigenvalue weighted by molar-refractivity contribution is -0.140. The number of amides is 1. The first-order valence-electron chi connectivity index (χ1n) is 5.36. The van der Waals surface area contributed by atoms with E-state index in [-0.39, 0.29) is 12.1 Å². The number of hydrogen-bond acceptors (Lipinski definition) is 1. The van der Waals surface area contributed by atoms with Gasteiger partial charge in [-0.2, -0.15) is 13.2 Å². The zero-order valence-corrected chi connectivity index (χ0v) is 10.0. The first-order valence-corrected chi connectivity index (χ1v) is 5.36. The first kappa shape index (κ1) is 14.5. The molecule has 0 radical (unpaired) electrons. The number of rotatable bonds is 3. The number of nitrogens with zero attached hydrogens (tertiary/aromatic N) is 1. The quantitative estimate of drug-likeness (QED) is 0.767. The smallest absolute Gasteiger partial charge is 0.330 e. The van der Waals surface area contributed by atoms with E-state index in [1.807, 2.05) is 0 Å². The molecule has 18 heavy (non-hydrogen) atoms. The van der Waals surface area contributed by atoms with Crippen LogP contribution in [0.4, 0.5) is 17.6 Å². The van der Waals surface area contributed by atoms with Crippen LogP contribution >= 0.6 is 0 Å². The normalized spacial score (nSPS) is 11.4. The van der Waals surface area contributed by atoms with Gasteiger partial charge in [-0.15, -0.1) is 0 Å². The molecule has 2 nitrogen and oxygen atoms in total. The fourth-order valence-electron chi connectivity index (χ4n) is 1.54. The summed E-state index contributed by atoms with van der Waals surface area (Å²) in [7, 11) is 0. The van der Waals surface area contributed by atoms with Crippen molar-refractivity contribution < 1.29 is 22.4 Å². The number of benzene rings is 1. The molecule has 0 aliphatic carbocycles. The first-order chi connectivity index (χ1) is 8.24. The van der Waals surface area contributed by atoms with E-state index < -0.39 is 24.4 Å². The van der Waals surface area contributed by atoms with Crippen molar-refractivity contribution in [2.45, 2.75) is 20.0 Å². The molecular weight excluding hydrogens is 250 g/mol. The Morgan fingerprint density at radius 1 is 1.33 bits per heavy atom. The molecular formula is C12H13F4NO. The summed E-state index contributed by atoms with van der Waals surface area (Å²) in [5.74, 6) is -1.46. The van der Waals surface area contributed by atoms with Gasteiger partial charge in [0.2, 0.25) is 0 Å². The zero-order chi connectivity index (χ0) is 13.9. The van der Waals surface area contributed by atoms with Crippen molar-refractivity contribution in [3.05, 3.63) is 35.1 Å². The molecule has 0 aromatic heterocycles. The lowest BCUT2D eigenvalue weighted by Crippen LogP contribution is -2.39. The Labute approximate surface area is 102 Å². The highest BCUT2D eigenvalue weighted by Crippen LogP contribution is 2.19. The van der Waals surface area contributed by atoms with E-state index in [4.69, 9.17) is 0 Å². The van der Waals surface area contributed by atoms with Crippen molar-refractivity contribution in [1.82, 2.24) is 4.90 Å². The number of aryl methyl sites for hydroxylation is 1. The summed E-state index contributed by atoms with van der Waals surface area (Å²) in [6.45, 7) is 1.57. The Hall–Kier alpha value is -1.59. The third-order valence-electron chi connectivity index (χ3n) is 2.47. The Morgan fingerprint density at radius 2 is 1.94 bits per heavy atom. The molecule has 6 heteroatoms. The maximum absolute atomic E-state index is 13.0. The highest BCUT2D eigenvalue weighted by Gasteiger charge is 2.33. The molecule has 0 saturated heterocycles. The van der Waals surface area contributed by atoms with E-state index in [9.17, 15) is 22.4 Å². The molecule has 1 aromatic carbocycles. The Bertz CT molecular complexity index is 442. The van der Waals surface area contributed by atoms with E-state index in [2.05, 4.69) is 0 Å². The van der Waals surface area contributed by atoms with Gasteiger partial charge in [0.25, 0.3) is 5.91 Å². The summed E-state index contributed by atoms with van der Waals surface area (Å²) in [4.78, 5) is 12.5. The number of carbonyl (C=O) groups is 1. The molecule has 0 heterocycles. The summed E-state index contributed by atoms with van der Waals surface area (Å²) in [5.41, 5.74) is 0.406. The van der Waals surface area contributed by atoms with E-state index in [1.54, 1.807) is 6.92 Å². The molecule has 0 spiro atoms. The molecule has 1 amide bonds. The maximum atomic E-state index is 13.0. The van der Waals surface area contributed by atoms with E-state index >= 15 is 0 Å². The summed E-state index contributed by atoms with van der Waals surface area (Å²) < 4.78 is 49.9. The van der Waals surface area contributed by atoms with Crippen LogP contribution < -0.4 is 0 Å². The highest BCUT2D eigenvalue weighted by atomic mass is 19.4. The van der Waals surface area contributed by atoms with Crippen LogP contribution in [0.3, 0.4) is 0 Å². The minimum absolute atomic E-state index is 0.0406. The van der Waals surface area contributed by atoms with Gasteiger partial charge >= 0.3 is 6.18 Å². The maximum Gasteiger partial charge on any atom is 0.406 e. The van der Waals surface area contributed by atoms with Crippen LogP contribution in [0.2, 0.25) is 0 Å². The van der Waals surface area contributed by atoms with Crippen LogP contribution in [0.5, 0.6) is 0 Å². The third-order valence-corrected chi connectivity index (χ3v) is 2.47. The molecule has 0 aliphatic rings. The van der Waals surface area contributed by atoms with Gasteiger partial charge in [-0.25, -0.2) is 4.39 Å². The van der Waals surface area contributed by atoms with Crippen LogP contribution in [0, 0.1) is 12.7 Å². The van der Waals surface area contributed by atoms with Gasteiger partial charge in [0.15, 0.2) is 0 Å². The SMILES string of the molecule is CCN(CC(F)(F)F)C(=O)c1cc(F)ccc1C. The average molecular weight is 263 g/mol. The number of hydrogen-bond donors (Lipinski definition) is 0. The molecule has 0 bridgehead atoms. The Kier molecular flexibility index (Phi) is 4.32. The monoisotopic (exact) mass is 263 g/mol. The van der Waals surface area contributed by atoms with Gasteiger partial charge in [-0.3, -0.25) is 4.79 Å². The van der Waals surface area contributed by atoms with Crippen molar-refractivity contribution in [1.29, 1.82) is 0 Å². The molecule has 1 rings (SSSR count). The van der Waals surface area contributed by atoms with Gasteiger partial charge in [0, 0.05) is 12.1 Å². The number of alkyl halides is 3. The zero-order valence-electron chi connectivity index (χ0n) is 10.0. The predicted molar refractivity (Wildman–Crippen MR) is 58.8 cm³/mol. The van der Waals surface area contributed by atoms with Crippen molar-refractivity contribution in [3.63, 3.8) is 0 Å². The number of halogens is 4. The lowest BCUT2D eigenvalue weighted by atomic mass is 10.1. The molecule has 0 fully saturated rings. The summed E-state index contributed by atoms with van der Waals surface area (Å²) in [6.07, 6.45) is -4.47. The third kappa shape index (κ3) is 3.72. The molecule has 0 atom stereocenters. The van der Waals surface area contributed by atoms with E-state index in [1.165, 1.54) is 13.0 Å². The van der Waals surface area contributed by atoms with Gasteiger partial charge in [-0.05, 0) is 31.5 Å². The van der Waals surface area contributed by atoms with Gasteiger partial charge < -0.3 is 4.90 Å². The van der Waals surface area contributed by atoms with Crippen LogP contribution in [-0.2, 0) is 0 Å². The topological polar surface area (TPSA) is 20.3 Å². The molecule has 0 saturated carbocycles. The summed E-state index contributed by atoms with van der Waals surface area (Å²) in [6, 6.07) is 3.48. The minimum atomic E-state index is -4.47. The summed E-state index contributed by atoms with van der Waals surface area (Å²) >= 11 is 0. The van der Waals surface area contributed by atoms with Gasteiger partial charge in [0.1, 0.15) is 12.4 Å². The molecule has 1 aromatic rings. The summed E-state index contributed by atoms with van der Waals surface area (Å²) in [5, 5.41) is 0. The van der Waals surface area contributed by atoms with Crippen LogP contribution in [-0.4, -0.2) is 30.1 Å². The minimum Gasteiger partial charge on any atom is -0.330 e. The number of carbonyl (C=O) groups excluding carboxylic acids is 1. The van der Waals surface area contributed by atoms with E-state index in [0.717, 1.165) is 12.1 Å². The largest absolute Gasteiger partial charge is 0.406 e. The Balaban J connectivity index is 3.00. The lowest BCUT2D eigenvalue weighted by Gasteiger charge is -2.23. The second kappa shape index (κ2) is 5.37. The molecule has 0 unspecified atom stereocenters. The Morgan fingerprint density at radius 3 is 2.44 bits per heavy atom.